The average Bonchev–Trinajstić information content (AvgIpc) is 3.25. The van der Waals surface area contributed by atoms with Crippen molar-refractivity contribution in [2.45, 2.75) is 51.5 Å². The minimum absolute atomic E-state index is 0.131. The second-order valence-electron chi connectivity index (χ2n) is 7.95. The van der Waals surface area contributed by atoms with Crippen LogP contribution in [0, 0.1) is 20.8 Å². The van der Waals surface area contributed by atoms with Gasteiger partial charge in [0, 0.05) is 13.1 Å². The number of ether oxygens (including phenoxy) is 1. The first-order valence-electron chi connectivity index (χ1n) is 10.3. The minimum atomic E-state index is -3.45. The van der Waals surface area contributed by atoms with E-state index in [0.717, 1.165) is 24.0 Å². The maximum atomic E-state index is 12.6. The molecular weight excluding hydrogens is 400 g/mol. The second-order valence-corrected chi connectivity index (χ2v) is 9.89. The van der Waals surface area contributed by atoms with Gasteiger partial charge in [0.25, 0.3) is 5.91 Å². The summed E-state index contributed by atoms with van der Waals surface area (Å²) >= 11 is 0. The fraction of sp³-hybridized carbons (Fsp3) is 0.435. The van der Waals surface area contributed by atoms with Gasteiger partial charge in [-0.2, -0.15) is 4.31 Å². The normalized spacial score (nSPS) is 15.7. The molecule has 1 aliphatic rings. The van der Waals surface area contributed by atoms with Crippen molar-refractivity contribution >= 4 is 15.9 Å². The first-order valence-corrected chi connectivity index (χ1v) is 11.7. The monoisotopic (exact) mass is 430 g/mol. The number of aryl methyl sites for hydroxylation is 3. The van der Waals surface area contributed by atoms with Gasteiger partial charge >= 0.3 is 0 Å². The fourth-order valence-corrected chi connectivity index (χ4v) is 5.26. The molecule has 6 nitrogen and oxygen atoms in total. The number of sulfonamides is 1. The topological polar surface area (TPSA) is 75.7 Å². The number of nitrogens with zero attached hydrogens (tertiary/aromatic N) is 1. The van der Waals surface area contributed by atoms with E-state index in [1.165, 1.54) is 27.6 Å². The van der Waals surface area contributed by atoms with Gasteiger partial charge < -0.3 is 10.1 Å². The third-order valence-electron chi connectivity index (χ3n) is 5.62. The summed E-state index contributed by atoms with van der Waals surface area (Å²) in [5.41, 5.74) is 4.65. The summed E-state index contributed by atoms with van der Waals surface area (Å²) in [5, 5.41) is 2.96. The summed E-state index contributed by atoms with van der Waals surface area (Å²) in [6, 6.07) is 10.3. The smallest absolute Gasteiger partial charge is 0.258 e. The summed E-state index contributed by atoms with van der Waals surface area (Å²) < 4.78 is 32.2. The van der Waals surface area contributed by atoms with Crippen molar-refractivity contribution in [1.29, 1.82) is 0 Å². The van der Waals surface area contributed by atoms with E-state index in [-0.39, 0.29) is 23.5 Å². The SMILES string of the molecule is Cc1cc(C)c(C(C)NC(=O)COc2ccc(S(=O)(=O)N3CCCC3)cc2)cc1C. The molecule has 1 unspecified atom stereocenters. The van der Waals surface area contributed by atoms with E-state index in [1.54, 1.807) is 12.1 Å². The van der Waals surface area contributed by atoms with Gasteiger partial charge in [0.05, 0.1) is 10.9 Å². The van der Waals surface area contributed by atoms with Crippen LogP contribution in [0.3, 0.4) is 0 Å². The Morgan fingerprint density at radius 3 is 2.27 bits per heavy atom. The number of benzene rings is 2. The zero-order valence-corrected chi connectivity index (χ0v) is 18.9. The molecule has 1 aliphatic heterocycles. The largest absolute Gasteiger partial charge is 0.484 e. The lowest BCUT2D eigenvalue weighted by Crippen LogP contribution is -2.31. The van der Waals surface area contributed by atoms with Crippen molar-refractivity contribution < 1.29 is 17.9 Å². The molecule has 1 saturated heterocycles. The molecule has 3 rings (SSSR count). The van der Waals surface area contributed by atoms with Gasteiger partial charge in [0.1, 0.15) is 5.75 Å². The maximum Gasteiger partial charge on any atom is 0.258 e. The molecule has 0 radical (unpaired) electrons. The Labute approximate surface area is 179 Å². The highest BCUT2D eigenvalue weighted by Gasteiger charge is 2.27. The molecule has 1 fully saturated rings. The number of carbonyl (C=O) groups is 1. The Morgan fingerprint density at radius 2 is 1.63 bits per heavy atom. The molecule has 0 aliphatic carbocycles. The van der Waals surface area contributed by atoms with Gasteiger partial charge in [0.2, 0.25) is 10.0 Å². The molecule has 2 aromatic rings. The zero-order valence-electron chi connectivity index (χ0n) is 18.1. The highest BCUT2D eigenvalue weighted by atomic mass is 32.2. The number of rotatable bonds is 7. The van der Waals surface area contributed by atoms with E-state index in [9.17, 15) is 13.2 Å². The highest BCUT2D eigenvalue weighted by Crippen LogP contribution is 2.23. The number of amides is 1. The Hall–Kier alpha value is -2.38. The van der Waals surface area contributed by atoms with Crippen LogP contribution >= 0.6 is 0 Å². The molecule has 0 bridgehead atoms. The van der Waals surface area contributed by atoms with Crippen molar-refractivity contribution in [2.75, 3.05) is 19.7 Å². The molecule has 162 valence electrons. The van der Waals surface area contributed by atoms with Crippen LogP contribution in [0.25, 0.3) is 0 Å². The third kappa shape index (κ3) is 5.02. The van der Waals surface area contributed by atoms with Crippen LogP contribution in [0.15, 0.2) is 41.3 Å². The standard InChI is InChI=1S/C23H30N2O4S/c1-16-13-18(3)22(14-17(16)2)19(4)24-23(26)15-29-20-7-9-21(10-8-20)30(27,28)25-11-5-6-12-25/h7-10,13-14,19H,5-6,11-12,15H2,1-4H3,(H,24,26). The molecule has 30 heavy (non-hydrogen) atoms. The predicted octanol–water partition coefficient (Wildman–Crippen LogP) is 3.65. The van der Waals surface area contributed by atoms with E-state index >= 15 is 0 Å². The molecule has 1 heterocycles. The Kier molecular flexibility index (Phi) is 6.83. The number of carbonyl (C=O) groups excluding carboxylic acids is 1. The molecule has 0 saturated carbocycles. The molecule has 0 spiro atoms. The minimum Gasteiger partial charge on any atom is -0.484 e. The summed E-state index contributed by atoms with van der Waals surface area (Å²) in [6.45, 7) is 9.13. The van der Waals surface area contributed by atoms with Crippen molar-refractivity contribution in [1.82, 2.24) is 9.62 Å². The van der Waals surface area contributed by atoms with E-state index < -0.39 is 10.0 Å². The van der Waals surface area contributed by atoms with Crippen LogP contribution in [0.2, 0.25) is 0 Å². The van der Waals surface area contributed by atoms with Gasteiger partial charge in [-0.3, -0.25) is 4.79 Å². The molecule has 1 atom stereocenters. The Morgan fingerprint density at radius 1 is 1.03 bits per heavy atom. The lowest BCUT2D eigenvalue weighted by molar-refractivity contribution is -0.123. The van der Waals surface area contributed by atoms with Gasteiger partial charge in [-0.25, -0.2) is 8.42 Å². The third-order valence-corrected chi connectivity index (χ3v) is 7.54. The van der Waals surface area contributed by atoms with E-state index in [1.807, 2.05) is 13.8 Å². The van der Waals surface area contributed by atoms with Gasteiger partial charge in [0.15, 0.2) is 6.61 Å². The second kappa shape index (κ2) is 9.18. The van der Waals surface area contributed by atoms with E-state index in [0.29, 0.717) is 18.8 Å². The molecule has 1 amide bonds. The first kappa shape index (κ1) is 22.3. The summed E-state index contributed by atoms with van der Waals surface area (Å²) in [5.74, 6) is 0.231. The molecule has 2 aromatic carbocycles. The van der Waals surface area contributed by atoms with Crippen LogP contribution in [0.5, 0.6) is 5.75 Å². The van der Waals surface area contributed by atoms with E-state index in [2.05, 4.69) is 31.3 Å². The van der Waals surface area contributed by atoms with Crippen molar-refractivity contribution in [3.63, 3.8) is 0 Å². The van der Waals surface area contributed by atoms with Gasteiger partial charge in [-0.15, -0.1) is 0 Å². The number of hydrogen-bond acceptors (Lipinski definition) is 4. The number of nitrogens with one attached hydrogen (secondary N) is 1. The molecule has 1 N–H and O–H groups in total. The highest BCUT2D eigenvalue weighted by molar-refractivity contribution is 7.89. The maximum absolute atomic E-state index is 12.6. The fourth-order valence-electron chi connectivity index (χ4n) is 3.74. The first-order chi connectivity index (χ1) is 14.2. The average molecular weight is 431 g/mol. The van der Waals surface area contributed by atoms with Crippen LogP contribution in [0.1, 0.15) is 48.1 Å². The number of hydrogen-bond donors (Lipinski definition) is 1. The quantitative estimate of drug-likeness (QED) is 0.727. The van der Waals surface area contributed by atoms with Crippen LogP contribution in [-0.2, 0) is 14.8 Å². The van der Waals surface area contributed by atoms with Crippen LogP contribution in [-0.4, -0.2) is 38.3 Å². The Bertz CT molecular complexity index is 1010. The lowest BCUT2D eigenvalue weighted by Gasteiger charge is -2.19. The Balaban J connectivity index is 1.56. The summed E-state index contributed by atoms with van der Waals surface area (Å²) in [7, 11) is -3.45. The molecule has 7 heteroatoms. The molecular formula is C23H30N2O4S. The van der Waals surface area contributed by atoms with Crippen LogP contribution in [0.4, 0.5) is 0 Å². The van der Waals surface area contributed by atoms with Crippen LogP contribution < -0.4 is 10.1 Å². The van der Waals surface area contributed by atoms with Gasteiger partial charge in [-0.05, 0) is 87.1 Å². The van der Waals surface area contributed by atoms with Gasteiger partial charge in [-0.1, -0.05) is 12.1 Å². The predicted molar refractivity (Wildman–Crippen MR) is 117 cm³/mol. The van der Waals surface area contributed by atoms with E-state index in [4.69, 9.17) is 4.74 Å². The van der Waals surface area contributed by atoms with Crippen molar-refractivity contribution in [2.24, 2.45) is 0 Å². The van der Waals surface area contributed by atoms with Crippen molar-refractivity contribution in [3.05, 3.63) is 58.7 Å². The molecule has 0 aromatic heterocycles. The summed E-state index contributed by atoms with van der Waals surface area (Å²) in [6.07, 6.45) is 1.80. The summed E-state index contributed by atoms with van der Waals surface area (Å²) in [4.78, 5) is 12.6. The van der Waals surface area contributed by atoms with Crippen molar-refractivity contribution in [3.8, 4) is 5.75 Å². The zero-order chi connectivity index (χ0) is 21.9. The lowest BCUT2D eigenvalue weighted by atomic mass is 9.96.